The maximum Gasteiger partial charge on any atom is 0.253 e. The van der Waals surface area contributed by atoms with Crippen molar-refractivity contribution in [3.8, 4) is 5.75 Å². The first-order valence-electron chi connectivity index (χ1n) is 10.8. The molecule has 4 rings (SSSR count). The highest BCUT2D eigenvalue weighted by Crippen LogP contribution is 2.28. The molecule has 2 aliphatic heterocycles. The maximum absolute atomic E-state index is 13.0. The molecule has 0 unspecified atom stereocenters. The minimum Gasteiger partial charge on any atom is -0.507 e. The molecule has 0 radical (unpaired) electrons. The summed E-state index contributed by atoms with van der Waals surface area (Å²) in [5.74, 6) is -0.342. The van der Waals surface area contributed by atoms with Gasteiger partial charge in [-0.05, 0) is 61.7 Å². The van der Waals surface area contributed by atoms with E-state index in [0.29, 0.717) is 18.5 Å². The molecule has 2 aliphatic rings. The number of anilines is 1. The van der Waals surface area contributed by atoms with Crippen LogP contribution in [0.4, 0.5) is 5.69 Å². The number of aromatic hydroxyl groups is 1. The lowest BCUT2D eigenvalue weighted by Gasteiger charge is -2.34. The lowest BCUT2D eigenvalue weighted by molar-refractivity contribution is -0.119. The molecule has 2 aromatic carbocycles. The molecule has 2 amide bonds. The topological polar surface area (TPSA) is 98.2 Å². The van der Waals surface area contributed by atoms with E-state index in [4.69, 9.17) is 0 Å². The number of piperidine rings is 1. The molecule has 2 fully saturated rings. The molecule has 0 saturated carbocycles. The number of phenolic OH excluding ortho intramolecular Hbond substituents is 1. The fourth-order valence-corrected chi connectivity index (χ4v) is 5.73. The van der Waals surface area contributed by atoms with Crippen molar-refractivity contribution in [2.75, 3.05) is 37.6 Å². The summed E-state index contributed by atoms with van der Waals surface area (Å²) in [6.45, 7) is 3.29. The van der Waals surface area contributed by atoms with Crippen LogP contribution in [0.3, 0.4) is 0 Å². The zero-order chi connectivity index (χ0) is 22.9. The highest BCUT2D eigenvalue weighted by atomic mass is 32.2. The second kappa shape index (κ2) is 8.91. The second-order valence-electron chi connectivity index (χ2n) is 8.22. The molecular weight excluding hydrogens is 430 g/mol. The number of nitrogens with zero attached hydrogens (tertiary/aromatic N) is 3. The lowest BCUT2D eigenvalue weighted by Crippen LogP contribution is -2.50. The van der Waals surface area contributed by atoms with Crippen molar-refractivity contribution in [2.45, 2.75) is 31.1 Å². The Morgan fingerprint density at radius 2 is 1.62 bits per heavy atom. The first-order chi connectivity index (χ1) is 15.3. The van der Waals surface area contributed by atoms with Gasteiger partial charge in [0.1, 0.15) is 10.6 Å². The number of hydrogen-bond donors (Lipinski definition) is 1. The molecule has 2 heterocycles. The Morgan fingerprint density at radius 1 is 0.938 bits per heavy atom. The first-order valence-corrected chi connectivity index (χ1v) is 12.2. The van der Waals surface area contributed by atoms with Crippen molar-refractivity contribution in [1.82, 2.24) is 9.21 Å². The van der Waals surface area contributed by atoms with Crippen LogP contribution in [0.1, 0.15) is 35.2 Å². The van der Waals surface area contributed by atoms with E-state index in [1.54, 1.807) is 47.1 Å². The van der Waals surface area contributed by atoms with Gasteiger partial charge < -0.3 is 14.9 Å². The normalized spacial score (nSPS) is 18.1. The van der Waals surface area contributed by atoms with Crippen LogP contribution in [-0.4, -0.2) is 67.3 Å². The fraction of sp³-hybridized carbons (Fsp3) is 0.391. The van der Waals surface area contributed by atoms with E-state index in [0.717, 1.165) is 24.1 Å². The van der Waals surface area contributed by atoms with Crippen LogP contribution in [0.25, 0.3) is 0 Å². The van der Waals surface area contributed by atoms with E-state index in [1.807, 2.05) is 0 Å². The van der Waals surface area contributed by atoms with Gasteiger partial charge in [0.2, 0.25) is 15.9 Å². The molecule has 9 heteroatoms. The first kappa shape index (κ1) is 22.3. The summed E-state index contributed by atoms with van der Waals surface area (Å²) in [5, 5.41) is 10.0. The fourth-order valence-electron chi connectivity index (χ4n) is 4.14. The van der Waals surface area contributed by atoms with Gasteiger partial charge >= 0.3 is 0 Å². The van der Waals surface area contributed by atoms with Crippen molar-refractivity contribution >= 4 is 27.5 Å². The Hall–Kier alpha value is -2.91. The van der Waals surface area contributed by atoms with E-state index < -0.39 is 10.0 Å². The number of benzene rings is 2. The SMILES string of the molecule is Cc1ccc(O)c(S(=O)(=O)N2CCN(C(=O)c3ccc(N4CCCCC4=O)cc3)CC2)c1. The molecule has 2 saturated heterocycles. The maximum atomic E-state index is 13.0. The number of sulfonamides is 1. The smallest absolute Gasteiger partial charge is 0.253 e. The van der Waals surface area contributed by atoms with E-state index in [9.17, 15) is 23.1 Å². The summed E-state index contributed by atoms with van der Waals surface area (Å²) < 4.78 is 27.2. The summed E-state index contributed by atoms with van der Waals surface area (Å²) in [4.78, 5) is 28.3. The van der Waals surface area contributed by atoms with E-state index >= 15 is 0 Å². The quantitative estimate of drug-likeness (QED) is 0.760. The third-order valence-electron chi connectivity index (χ3n) is 6.01. The molecule has 32 heavy (non-hydrogen) atoms. The summed E-state index contributed by atoms with van der Waals surface area (Å²) in [6.07, 6.45) is 2.44. The Kier molecular flexibility index (Phi) is 6.21. The van der Waals surface area contributed by atoms with Crippen molar-refractivity contribution in [3.05, 3.63) is 53.6 Å². The molecular formula is C23H27N3O5S. The Morgan fingerprint density at radius 3 is 2.28 bits per heavy atom. The monoisotopic (exact) mass is 457 g/mol. The minimum atomic E-state index is -3.84. The number of piperazine rings is 1. The number of phenols is 1. The average Bonchev–Trinajstić information content (AvgIpc) is 2.80. The Balaban J connectivity index is 1.41. The van der Waals surface area contributed by atoms with Gasteiger partial charge in [0.05, 0.1) is 0 Å². The van der Waals surface area contributed by atoms with Gasteiger partial charge in [0.25, 0.3) is 5.91 Å². The van der Waals surface area contributed by atoms with E-state index in [1.165, 1.54) is 16.4 Å². The molecule has 0 aromatic heterocycles. The van der Waals surface area contributed by atoms with Gasteiger partial charge in [0.15, 0.2) is 0 Å². The average molecular weight is 458 g/mol. The number of aryl methyl sites for hydroxylation is 1. The molecule has 1 N–H and O–H groups in total. The third kappa shape index (κ3) is 4.35. The van der Waals surface area contributed by atoms with Gasteiger partial charge in [-0.3, -0.25) is 9.59 Å². The summed E-state index contributed by atoms with van der Waals surface area (Å²) >= 11 is 0. The predicted octanol–water partition coefficient (Wildman–Crippen LogP) is 2.36. The van der Waals surface area contributed by atoms with Crippen molar-refractivity contribution in [1.29, 1.82) is 0 Å². The van der Waals surface area contributed by atoms with Gasteiger partial charge in [0, 0.05) is 50.4 Å². The Labute approximate surface area is 188 Å². The van der Waals surface area contributed by atoms with Crippen LogP contribution in [-0.2, 0) is 14.8 Å². The predicted molar refractivity (Wildman–Crippen MR) is 120 cm³/mol. The van der Waals surface area contributed by atoms with Crippen LogP contribution in [0, 0.1) is 6.92 Å². The van der Waals surface area contributed by atoms with Gasteiger partial charge in [-0.15, -0.1) is 0 Å². The van der Waals surface area contributed by atoms with Crippen LogP contribution in [0.2, 0.25) is 0 Å². The third-order valence-corrected chi connectivity index (χ3v) is 7.94. The number of rotatable bonds is 4. The van der Waals surface area contributed by atoms with Crippen LogP contribution in [0.15, 0.2) is 47.4 Å². The number of amides is 2. The van der Waals surface area contributed by atoms with Crippen molar-refractivity contribution < 1.29 is 23.1 Å². The largest absolute Gasteiger partial charge is 0.507 e. The van der Waals surface area contributed by atoms with Gasteiger partial charge in [-0.2, -0.15) is 4.31 Å². The molecule has 2 aromatic rings. The van der Waals surface area contributed by atoms with Gasteiger partial charge in [-0.1, -0.05) is 6.07 Å². The minimum absolute atomic E-state index is 0.104. The van der Waals surface area contributed by atoms with Crippen LogP contribution >= 0.6 is 0 Å². The molecule has 0 spiro atoms. The van der Waals surface area contributed by atoms with Crippen LogP contribution < -0.4 is 4.90 Å². The van der Waals surface area contributed by atoms with Crippen molar-refractivity contribution in [2.24, 2.45) is 0 Å². The van der Waals surface area contributed by atoms with Crippen LogP contribution in [0.5, 0.6) is 5.75 Å². The summed E-state index contributed by atoms with van der Waals surface area (Å²) in [6, 6.07) is 11.5. The second-order valence-corrected chi connectivity index (χ2v) is 10.1. The molecule has 170 valence electrons. The molecule has 0 aliphatic carbocycles. The summed E-state index contributed by atoms with van der Waals surface area (Å²) in [5.41, 5.74) is 2.04. The zero-order valence-electron chi connectivity index (χ0n) is 18.0. The Bertz CT molecular complexity index is 1120. The van der Waals surface area contributed by atoms with E-state index in [2.05, 4.69) is 0 Å². The zero-order valence-corrected chi connectivity index (χ0v) is 18.8. The standard InChI is InChI=1S/C23H27N3O5S/c1-17-5-10-20(27)21(16-17)32(30,31)25-14-12-24(13-15-25)23(29)18-6-8-19(9-7-18)26-11-3-2-4-22(26)28/h5-10,16,27H,2-4,11-15H2,1H3. The van der Waals surface area contributed by atoms with Crippen molar-refractivity contribution in [3.63, 3.8) is 0 Å². The lowest BCUT2D eigenvalue weighted by atomic mass is 10.1. The highest BCUT2D eigenvalue weighted by molar-refractivity contribution is 7.89. The number of hydrogen-bond acceptors (Lipinski definition) is 5. The van der Waals surface area contributed by atoms with E-state index in [-0.39, 0.29) is 48.6 Å². The molecule has 0 atom stereocenters. The molecule has 0 bridgehead atoms. The summed E-state index contributed by atoms with van der Waals surface area (Å²) in [7, 11) is -3.84. The molecule has 8 nitrogen and oxygen atoms in total. The number of carbonyl (C=O) groups is 2. The van der Waals surface area contributed by atoms with Gasteiger partial charge in [-0.25, -0.2) is 8.42 Å². The highest BCUT2D eigenvalue weighted by Gasteiger charge is 2.32. The number of carbonyl (C=O) groups excluding carboxylic acids is 2.